The van der Waals surface area contributed by atoms with Gasteiger partial charge in [0.05, 0.1) is 18.1 Å². The molecule has 1 aromatic carbocycles. The molecule has 8 heteroatoms. The smallest absolute Gasteiger partial charge is 0.292 e. The lowest BCUT2D eigenvalue weighted by Gasteiger charge is -2.10. The molecule has 0 spiro atoms. The number of hydrogen-bond donors (Lipinski definition) is 2. The number of nitrogens with zero attached hydrogens (tertiary/aromatic N) is 2. The highest BCUT2D eigenvalue weighted by atomic mass is 16.6. The molecule has 0 aromatic heterocycles. The molecule has 0 heterocycles. The fraction of sp³-hybridized carbons (Fsp3) is 0.462. The van der Waals surface area contributed by atoms with Crippen molar-refractivity contribution in [2.75, 3.05) is 46.1 Å². The maximum Gasteiger partial charge on any atom is 0.292 e. The number of benzene rings is 1. The highest BCUT2D eigenvalue weighted by Gasteiger charge is 2.15. The maximum absolute atomic E-state index is 11.8. The van der Waals surface area contributed by atoms with Crippen LogP contribution in [0.4, 0.5) is 11.4 Å². The minimum Gasteiger partial charge on any atom is -0.393 e. The first-order valence-electron chi connectivity index (χ1n) is 6.46. The highest BCUT2D eigenvalue weighted by molar-refractivity contribution is 5.95. The summed E-state index contributed by atoms with van der Waals surface area (Å²) in [5.74, 6) is -0.394. The third-order valence-corrected chi connectivity index (χ3v) is 2.70. The molecular weight excluding hydrogens is 276 g/mol. The molecule has 3 N–H and O–H groups in total. The summed E-state index contributed by atoms with van der Waals surface area (Å²) in [6, 6.07) is 3.96. The molecule has 8 nitrogen and oxygen atoms in total. The van der Waals surface area contributed by atoms with Crippen molar-refractivity contribution >= 4 is 17.3 Å². The first kappa shape index (κ1) is 16.9. The van der Waals surface area contributed by atoms with E-state index in [0.29, 0.717) is 19.8 Å². The number of nitro benzene ring substituents is 1. The van der Waals surface area contributed by atoms with Crippen LogP contribution in [0, 0.1) is 10.1 Å². The number of anilines is 1. The Morgan fingerprint density at radius 1 is 1.43 bits per heavy atom. The summed E-state index contributed by atoms with van der Waals surface area (Å²) in [4.78, 5) is 24.0. The minimum absolute atomic E-state index is 0.0311. The third kappa shape index (κ3) is 5.76. The summed E-state index contributed by atoms with van der Waals surface area (Å²) in [7, 11) is 3.89. The molecule has 0 aliphatic carbocycles. The average molecular weight is 296 g/mol. The number of hydrogen-bond acceptors (Lipinski definition) is 6. The van der Waals surface area contributed by atoms with Gasteiger partial charge in [0, 0.05) is 24.7 Å². The summed E-state index contributed by atoms with van der Waals surface area (Å²) in [5.41, 5.74) is 5.43. The lowest BCUT2D eigenvalue weighted by atomic mass is 10.1. The van der Waals surface area contributed by atoms with Gasteiger partial charge in [-0.2, -0.15) is 0 Å². The van der Waals surface area contributed by atoms with Crippen molar-refractivity contribution in [1.82, 2.24) is 10.2 Å². The summed E-state index contributed by atoms with van der Waals surface area (Å²) in [6.07, 6.45) is 0. The van der Waals surface area contributed by atoms with Gasteiger partial charge >= 0.3 is 0 Å². The van der Waals surface area contributed by atoms with E-state index in [1.54, 1.807) is 0 Å². The van der Waals surface area contributed by atoms with Crippen LogP contribution in [0.3, 0.4) is 0 Å². The fourth-order valence-electron chi connectivity index (χ4n) is 1.53. The van der Waals surface area contributed by atoms with E-state index < -0.39 is 10.8 Å². The van der Waals surface area contributed by atoms with E-state index in [-0.39, 0.29) is 16.9 Å². The van der Waals surface area contributed by atoms with Crippen LogP contribution >= 0.6 is 0 Å². The average Bonchev–Trinajstić information content (AvgIpc) is 2.42. The van der Waals surface area contributed by atoms with Crippen molar-refractivity contribution in [1.29, 1.82) is 0 Å². The molecule has 0 atom stereocenters. The summed E-state index contributed by atoms with van der Waals surface area (Å²) < 4.78 is 5.33. The van der Waals surface area contributed by atoms with Crippen LogP contribution in [0.25, 0.3) is 0 Å². The van der Waals surface area contributed by atoms with Crippen LogP contribution in [0.1, 0.15) is 10.4 Å². The molecule has 0 saturated carbocycles. The predicted octanol–water partition coefficient (Wildman–Crippen LogP) is 0.485. The zero-order valence-corrected chi connectivity index (χ0v) is 12.2. The number of nitrogens with two attached hydrogens (primary N) is 1. The van der Waals surface area contributed by atoms with Gasteiger partial charge in [-0.3, -0.25) is 14.9 Å². The normalized spacial score (nSPS) is 10.6. The molecule has 1 aromatic rings. The number of carbonyl (C=O) groups excluding carboxylic acids is 1. The molecule has 0 saturated heterocycles. The van der Waals surface area contributed by atoms with Crippen LogP contribution in [0.15, 0.2) is 18.2 Å². The molecule has 21 heavy (non-hydrogen) atoms. The predicted molar refractivity (Wildman–Crippen MR) is 79.2 cm³/mol. The second kappa shape index (κ2) is 8.18. The largest absolute Gasteiger partial charge is 0.393 e. The van der Waals surface area contributed by atoms with Gasteiger partial charge in [-0.1, -0.05) is 0 Å². The van der Waals surface area contributed by atoms with Crippen LogP contribution in [-0.2, 0) is 4.74 Å². The molecule has 0 unspecified atom stereocenters. The van der Waals surface area contributed by atoms with Gasteiger partial charge in [-0.15, -0.1) is 0 Å². The lowest BCUT2D eigenvalue weighted by molar-refractivity contribution is -0.383. The van der Waals surface area contributed by atoms with E-state index in [1.165, 1.54) is 12.1 Å². The van der Waals surface area contributed by atoms with Crippen LogP contribution in [0.2, 0.25) is 0 Å². The second-order valence-corrected chi connectivity index (χ2v) is 4.70. The van der Waals surface area contributed by atoms with Crippen molar-refractivity contribution in [3.8, 4) is 0 Å². The van der Waals surface area contributed by atoms with Crippen molar-refractivity contribution < 1.29 is 14.5 Å². The monoisotopic (exact) mass is 296 g/mol. The van der Waals surface area contributed by atoms with Crippen molar-refractivity contribution in [3.63, 3.8) is 0 Å². The maximum atomic E-state index is 11.8. The molecular formula is C13H20N4O4. The number of nitrogens with one attached hydrogen (secondary N) is 1. The van der Waals surface area contributed by atoms with Gasteiger partial charge < -0.3 is 20.7 Å². The number of carbonyl (C=O) groups is 1. The number of likely N-dealkylation sites (N-methyl/N-ethyl adjacent to an activating group) is 1. The van der Waals surface area contributed by atoms with E-state index in [9.17, 15) is 14.9 Å². The van der Waals surface area contributed by atoms with Crippen LogP contribution < -0.4 is 11.1 Å². The molecule has 0 aliphatic rings. The number of ether oxygens (including phenoxy) is 1. The van der Waals surface area contributed by atoms with Gasteiger partial charge in [-0.25, -0.2) is 0 Å². The molecule has 0 bridgehead atoms. The third-order valence-electron chi connectivity index (χ3n) is 2.70. The Hall–Kier alpha value is -2.19. The van der Waals surface area contributed by atoms with Crippen molar-refractivity contribution in [2.45, 2.75) is 0 Å². The van der Waals surface area contributed by atoms with E-state index >= 15 is 0 Å². The van der Waals surface area contributed by atoms with Gasteiger partial charge in [0.25, 0.3) is 11.6 Å². The standard InChI is InChI=1S/C13H20N4O4/c1-16(2)6-8-21-7-5-15-13(18)10-3-4-11(14)12(9-10)17(19)20/h3-4,9H,5-8,14H2,1-2H3,(H,15,18). The molecule has 0 aliphatic heterocycles. The molecule has 116 valence electrons. The SMILES string of the molecule is CN(C)CCOCCNC(=O)c1ccc(N)c([N+](=O)[O-])c1. The Bertz CT molecular complexity index is 505. The zero-order chi connectivity index (χ0) is 15.8. The number of rotatable bonds is 8. The van der Waals surface area contributed by atoms with Crippen molar-refractivity contribution in [2.24, 2.45) is 0 Å². The number of amides is 1. The Morgan fingerprint density at radius 3 is 2.76 bits per heavy atom. The van der Waals surface area contributed by atoms with Crippen molar-refractivity contribution in [3.05, 3.63) is 33.9 Å². The Labute approximate surface area is 123 Å². The first-order valence-corrected chi connectivity index (χ1v) is 6.46. The summed E-state index contributed by atoms with van der Waals surface area (Å²) >= 11 is 0. The quantitative estimate of drug-likeness (QED) is 0.312. The van der Waals surface area contributed by atoms with Gasteiger partial charge in [0.1, 0.15) is 5.69 Å². The Morgan fingerprint density at radius 2 is 2.14 bits per heavy atom. The van der Waals surface area contributed by atoms with Gasteiger partial charge in [-0.05, 0) is 26.2 Å². The Kier molecular flexibility index (Phi) is 6.57. The molecule has 1 rings (SSSR count). The summed E-state index contributed by atoms with van der Waals surface area (Å²) in [5, 5.41) is 13.4. The number of nitrogen functional groups attached to an aromatic ring is 1. The van der Waals surface area contributed by atoms with E-state index in [4.69, 9.17) is 10.5 Å². The summed E-state index contributed by atoms with van der Waals surface area (Å²) in [6.45, 7) is 2.11. The highest BCUT2D eigenvalue weighted by Crippen LogP contribution is 2.22. The van der Waals surface area contributed by atoms with E-state index in [0.717, 1.165) is 12.6 Å². The molecule has 0 radical (unpaired) electrons. The van der Waals surface area contributed by atoms with Gasteiger partial charge in [0.15, 0.2) is 0 Å². The molecule has 1 amide bonds. The first-order chi connectivity index (χ1) is 9.91. The van der Waals surface area contributed by atoms with Gasteiger partial charge in [0.2, 0.25) is 0 Å². The number of nitro groups is 1. The second-order valence-electron chi connectivity index (χ2n) is 4.70. The molecule has 0 fully saturated rings. The van der Waals surface area contributed by atoms with E-state index in [1.807, 2.05) is 19.0 Å². The van der Waals surface area contributed by atoms with Crippen LogP contribution in [0.5, 0.6) is 0 Å². The topological polar surface area (TPSA) is 111 Å². The lowest BCUT2D eigenvalue weighted by Crippen LogP contribution is -2.28. The zero-order valence-electron chi connectivity index (χ0n) is 12.2. The minimum atomic E-state index is -0.615. The fourth-order valence-corrected chi connectivity index (χ4v) is 1.53. The van der Waals surface area contributed by atoms with E-state index in [2.05, 4.69) is 5.32 Å². The Balaban J connectivity index is 2.42. The van der Waals surface area contributed by atoms with Crippen LogP contribution in [-0.4, -0.2) is 56.1 Å².